The first-order valence-electron chi connectivity index (χ1n) is 9.71. The third kappa shape index (κ3) is 3.48. The standard InChI is InChI=1S/C24H21NO6S/c1-29-15-8-4-7-14(13-15)25-21(18-11-6-12-32-18)20(23(27)24(25)28)22(26)19-16(30-2)9-5-10-17(19)31-3/h4-13,21,26H,1-3H3/b22-20+. The van der Waals surface area contributed by atoms with Gasteiger partial charge >= 0.3 is 0 Å². The van der Waals surface area contributed by atoms with E-state index >= 15 is 0 Å². The maximum atomic E-state index is 13.2. The summed E-state index contributed by atoms with van der Waals surface area (Å²) in [6.07, 6.45) is 0. The van der Waals surface area contributed by atoms with Gasteiger partial charge in [0.15, 0.2) is 0 Å². The summed E-state index contributed by atoms with van der Waals surface area (Å²) in [6, 6.07) is 14.7. The molecule has 2 heterocycles. The average Bonchev–Trinajstić information content (AvgIpc) is 3.45. The van der Waals surface area contributed by atoms with Gasteiger partial charge in [0.25, 0.3) is 11.7 Å². The fraction of sp³-hybridized carbons (Fsp3) is 0.167. The summed E-state index contributed by atoms with van der Waals surface area (Å²) >= 11 is 1.38. The van der Waals surface area contributed by atoms with Crippen LogP contribution in [-0.2, 0) is 9.59 Å². The zero-order valence-corrected chi connectivity index (χ0v) is 18.5. The number of aliphatic hydroxyl groups excluding tert-OH is 1. The lowest BCUT2D eigenvalue weighted by Crippen LogP contribution is -2.29. The SMILES string of the molecule is COc1cccc(N2C(=O)C(=O)/C(=C(/O)c3c(OC)cccc3OC)C2c2cccs2)c1. The zero-order valence-electron chi connectivity index (χ0n) is 17.7. The number of ether oxygens (including phenoxy) is 3. The number of anilines is 1. The van der Waals surface area contributed by atoms with Crippen molar-refractivity contribution in [1.82, 2.24) is 0 Å². The minimum Gasteiger partial charge on any atom is -0.506 e. The number of carbonyl (C=O) groups excluding carboxylic acids is 2. The van der Waals surface area contributed by atoms with E-state index in [-0.39, 0.29) is 16.9 Å². The van der Waals surface area contributed by atoms with Crippen LogP contribution < -0.4 is 19.1 Å². The van der Waals surface area contributed by atoms with Crippen molar-refractivity contribution in [2.24, 2.45) is 0 Å². The summed E-state index contributed by atoms with van der Waals surface area (Å²) in [6.45, 7) is 0. The van der Waals surface area contributed by atoms with Gasteiger partial charge in [0.1, 0.15) is 34.6 Å². The molecule has 0 bridgehead atoms. The van der Waals surface area contributed by atoms with Gasteiger partial charge in [-0.05, 0) is 35.7 Å². The molecule has 0 aliphatic carbocycles. The number of hydrogen-bond acceptors (Lipinski definition) is 7. The summed E-state index contributed by atoms with van der Waals surface area (Å²) in [5, 5.41) is 13.2. The molecule has 1 aliphatic rings. The van der Waals surface area contributed by atoms with Crippen LogP contribution in [0.1, 0.15) is 16.5 Å². The molecule has 164 valence electrons. The molecule has 1 saturated heterocycles. The zero-order chi connectivity index (χ0) is 22.8. The normalized spacial score (nSPS) is 17.5. The van der Waals surface area contributed by atoms with E-state index in [0.29, 0.717) is 22.9 Å². The molecule has 1 N–H and O–H groups in total. The van der Waals surface area contributed by atoms with E-state index < -0.39 is 17.7 Å². The predicted molar refractivity (Wildman–Crippen MR) is 122 cm³/mol. The van der Waals surface area contributed by atoms with Gasteiger partial charge in [-0.25, -0.2) is 0 Å². The number of Topliss-reactive ketones (excluding diaryl/α,β-unsaturated/α-hetero) is 1. The molecule has 1 fully saturated rings. The van der Waals surface area contributed by atoms with E-state index in [0.717, 1.165) is 4.88 Å². The van der Waals surface area contributed by atoms with E-state index in [1.807, 2.05) is 17.5 Å². The maximum absolute atomic E-state index is 13.2. The van der Waals surface area contributed by atoms with Crippen molar-refractivity contribution in [3.8, 4) is 17.2 Å². The largest absolute Gasteiger partial charge is 0.506 e. The van der Waals surface area contributed by atoms with Crippen molar-refractivity contribution in [1.29, 1.82) is 0 Å². The molecule has 0 saturated carbocycles. The van der Waals surface area contributed by atoms with E-state index in [4.69, 9.17) is 14.2 Å². The summed E-state index contributed by atoms with van der Waals surface area (Å²) in [5.41, 5.74) is 0.654. The van der Waals surface area contributed by atoms with Gasteiger partial charge in [-0.15, -0.1) is 11.3 Å². The Morgan fingerprint density at radius 2 is 1.62 bits per heavy atom. The number of nitrogens with zero attached hydrogens (tertiary/aromatic N) is 1. The highest BCUT2D eigenvalue weighted by Crippen LogP contribution is 2.46. The quantitative estimate of drug-likeness (QED) is 0.340. The third-order valence-electron chi connectivity index (χ3n) is 5.25. The Bertz CT molecular complexity index is 1180. The molecule has 0 radical (unpaired) electrons. The first-order valence-corrected chi connectivity index (χ1v) is 10.6. The summed E-state index contributed by atoms with van der Waals surface area (Å²) in [7, 11) is 4.44. The number of amides is 1. The van der Waals surface area contributed by atoms with Crippen LogP contribution in [-0.4, -0.2) is 38.1 Å². The van der Waals surface area contributed by atoms with Crippen molar-refractivity contribution in [2.45, 2.75) is 6.04 Å². The molecule has 2 aromatic carbocycles. The molecule has 3 aromatic rings. The van der Waals surface area contributed by atoms with Crippen molar-refractivity contribution in [3.05, 3.63) is 76.0 Å². The van der Waals surface area contributed by atoms with Crippen molar-refractivity contribution < 1.29 is 28.9 Å². The van der Waals surface area contributed by atoms with Crippen LogP contribution in [0.5, 0.6) is 17.2 Å². The first kappa shape index (κ1) is 21.5. The minimum absolute atomic E-state index is 0.0388. The average molecular weight is 452 g/mol. The van der Waals surface area contributed by atoms with Gasteiger partial charge in [-0.1, -0.05) is 18.2 Å². The monoisotopic (exact) mass is 451 g/mol. The minimum atomic E-state index is -0.822. The van der Waals surface area contributed by atoms with Crippen LogP contribution in [0.15, 0.2) is 65.6 Å². The summed E-state index contributed by atoms with van der Waals surface area (Å²) in [4.78, 5) is 28.5. The van der Waals surface area contributed by atoms with E-state index in [2.05, 4.69) is 0 Å². The molecule has 1 amide bonds. The molecule has 1 unspecified atom stereocenters. The van der Waals surface area contributed by atoms with Crippen molar-refractivity contribution >= 4 is 34.5 Å². The number of benzene rings is 2. The highest BCUT2D eigenvalue weighted by atomic mass is 32.1. The molecule has 1 aliphatic heterocycles. The number of aliphatic hydroxyl groups is 1. The maximum Gasteiger partial charge on any atom is 0.300 e. The van der Waals surface area contributed by atoms with E-state index in [9.17, 15) is 14.7 Å². The van der Waals surface area contributed by atoms with E-state index in [1.165, 1.54) is 37.6 Å². The Kier molecular flexibility index (Phi) is 5.87. The lowest BCUT2D eigenvalue weighted by atomic mass is 9.98. The Balaban J connectivity index is 1.98. The number of ketones is 1. The Morgan fingerprint density at radius 1 is 0.938 bits per heavy atom. The topological polar surface area (TPSA) is 85.3 Å². The van der Waals surface area contributed by atoms with E-state index in [1.54, 1.807) is 42.5 Å². The molecule has 4 rings (SSSR count). The lowest BCUT2D eigenvalue weighted by molar-refractivity contribution is -0.132. The van der Waals surface area contributed by atoms with Crippen molar-refractivity contribution in [2.75, 3.05) is 26.2 Å². The Labute approximate surface area is 189 Å². The number of methoxy groups -OCH3 is 3. The van der Waals surface area contributed by atoms with Crippen LogP contribution >= 0.6 is 11.3 Å². The lowest BCUT2D eigenvalue weighted by Gasteiger charge is -2.24. The van der Waals surface area contributed by atoms with Crippen LogP contribution in [0.3, 0.4) is 0 Å². The van der Waals surface area contributed by atoms with Gasteiger partial charge < -0.3 is 19.3 Å². The second-order valence-corrected chi connectivity index (χ2v) is 7.90. The molecule has 1 atom stereocenters. The third-order valence-corrected chi connectivity index (χ3v) is 6.18. The van der Waals surface area contributed by atoms with Gasteiger partial charge in [-0.2, -0.15) is 0 Å². The van der Waals surface area contributed by atoms with Gasteiger partial charge in [0.05, 0.1) is 26.9 Å². The van der Waals surface area contributed by atoms with Gasteiger partial charge in [0, 0.05) is 16.6 Å². The Morgan fingerprint density at radius 3 is 2.22 bits per heavy atom. The highest BCUT2D eigenvalue weighted by molar-refractivity contribution is 7.10. The smallest absolute Gasteiger partial charge is 0.300 e. The fourth-order valence-electron chi connectivity index (χ4n) is 3.79. The molecular formula is C24H21NO6S. The highest BCUT2D eigenvalue weighted by Gasteiger charge is 2.48. The van der Waals surface area contributed by atoms with Crippen LogP contribution in [0.2, 0.25) is 0 Å². The van der Waals surface area contributed by atoms with Gasteiger partial charge in [-0.3, -0.25) is 14.5 Å². The molecule has 8 heteroatoms. The van der Waals surface area contributed by atoms with Crippen molar-refractivity contribution in [3.63, 3.8) is 0 Å². The molecule has 0 spiro atoms. The number of rotatable bonds is 6. The first-order chi connectivity index (χ1) is 15.5. The van der Waals surface area contributed by atoms with Crippen LogP contribution in [0.4, 0.5) is 5.69 Å². The fourth-order valence-corrected chi connectivity index (χ4v) is 4.62. The molecule has 1 aromatic heterocycles. The number of hydrogen-bond donors (Lipinski definition) is 1. The second kappa shape index (κ2) is 8.76. The number of carbonyl (C=O) groups is 2. The second-order valence-electron chi connectivity index (χ2n) is 6.92. The number of thiophene rings is 1. The van der Waals surface area contributed by atoms with Gasteiger partial charge in [0.2, 0.25) is 0 Å². The predicted octanol–water partition coefficient (Wildman–Crippen LogP) is 4.40. The molecular weight excluding hydrogens is 430 g/mol. The summed E-state index contributed by atoms with van der Waals surface area (Å²) in [5.74, 6) is -0.718. The summed E-state index contributed by atoms with van der Waals surface area (Å²) < 4.78 is 16.1. The Hall–Kier alpha value is -3.78. The molecule has 32 heavy (non-hydrogen) atoms. The van der Waals surface area contributed by atoms with Crippen LogP contribution in [0, 0.1) is 0 Å². The van der Waals surface area contributed by atoms with Crippen LogP contribution in [0.25, 0.3) is 5.76 Å². The molecule has 7 nitrogen and oxygen atoms in total.